The summed E-state index contributed by atoms with van der Waals surface area (Å²) in [4.78, 5) is 12.4. The number of non-ortho nitro benzene ring substituents is 1. The monoisotopic (exact) mass is 346 g/mol. The van der Waals surface area contributed by atoms with E-state index in [1.54, 1.807) is 0 Å². The molecule has 10 heteroatoms. The summed E-state index contributed by atoms with van der Waals surface area (Å²) in [5.41, 5.74) is 0.285. The first kappa shape index (κ1) is 15.7. The molecule has 0 saturated carbocycles. The third-order valence-electron chi connectivity index (χ3n) is 1.18. The molecule has 1 aromatic rings. The van der Waals surface area contributed by atoms with Gasteiger partial charge in [0.25, 0.3) is 5.69 Å². The van der Waals surface area contributed by atoms with Gasteiger partial charge < -0.3 is 0 Å². The molecule has 0 aliphatic carbocycles. The minimum absolute atomic E-state index is 0.0163. The zero-order valence-electron chi connectivity index (χ0n) is 7.33. The Morgan fingerprint density at radius 3 is 1.81 bits per heavy atom. The molecule has 0 aromatic heterocycles. The van der Waals surface area contributed by atoms with Gasteiger partial charge >= 0.3 is 55.3 Å². The van der Waals surface area contributed by atoms with Crippen LogP contribution in [0.4, 0.5) is 11.4 Å². The number of nitrogens with zero attached hydrogens (tertiary/aromatic N) is 3. The van der Waals surface area contributed by atoms with Crippen LogP contribution in [0.25, 0.3) is 4.98 Å². The predicted octanol–water partition coefficient (Wildman–Crippen LogP) is 4.83. The van der Waals surface area contributed by atoms with Crippen molar-refractivity contribution in [3.05, 3.63) is 39.4 Å². The molecule has 0 aliphatic rings. The molecule has 1 rings (SSSR count). The van der Waals surface area contributed by atoms with E-state index in [4.69, 9.17) is 45.8 Å². The van der Waals surface area contributed by atoms with Crippen molar-refractivity contribution in [1.29, 1.82) is 5.39 Å². The number of hydrogen-bond acceptors (Lipinski definition) is 3. The van der Waals surface area contributed by atoms with Crippen molar-refractivity contribution in [2.75, 3.05) is 0 Å². The zero-order chi connectivity index (χ0) is 12.8. The fraction of sp³-hybridized carbons (Fsp3) is 0. The number of hydrogen-bond donors (Lipinski definition) is 0. The summed E-state index contributed by atoms with van der Waals surface area (Å²) in [5, 5.41) is 18.3. The molecule has 0 aliphatic heterocycles. The molecule has 0 radical (unpaired) electrons. The van der Waals surface area contributed by atoms with Crippen LogP contribution in [0.2, 0.25) is 0 Å². The maximum absolute atomic E-state index is 10.1. The Morgan fingerprint density at radius 1 is 1.19 bits per heavy atom. The molecule has 16 heavy (non-hydrogen) atoms. The van der Waals surface area contributed by atoms with Gasteiger partial charge in [-0.15, -0.1) is 0 Å². The second-order valence-corrected chi connectivity index (χ2v) is 13.1. The van der Waals surface area contributed by atoms with Crippen molar-refractivity contribution < 1.29 is 14.1 Å². The quantitative estimate of drug-likeness (QED) is 0.316. The van der Waals surface area contributed by atoms with E-state index in [2.05, 4.69) is 4.98 Å². The molecule has 1 aromatic carbocycles. The third-order valence-corrected chi connectivity index (χ3v) is 1.18. The van der Waals surface area contributed by atoms with Gasteiger partial charge in [0.15, 0.2) is 4.98 Å². The molecule has 0 bridgehead atoms. The minimum atomic E-state index is -2.61. The van der Waals surface area contributed by atoms with Gasteiger partial charge in [-0.25, -0.2) is 0 Å². The van der Waals surface area contributed by atoms with Crippen molar-refractivity contribution in [3.63, 3.8) is 0 Å². The Morgan fingerprint density at radius 2 is 1.56 bits per heavy atom. The summed E-state index contributed by atoms with van der Waals surface area (Å²) in [7, 11) is 17.2. The second-order valence-electron chi connectivity index (χ2n) is 2.18. The van der Waals surface area contributed by atoms with Crippen molar-refractivity contribution in [2.45, 2.75) is 0 Å². The van der Waals surface area contributed by atoms with Crippen LogP contribution in [0.3, 0.4) is 0 Å². The first-order valence-corrected chi connectivity index (χ1v) is 9.45. The van der Waals surface area contributed by atoms with E-state index in [-0.39, 0.29) is 5.69 Å². The van der Waals surface area contributed by atoms with Gasteiger partial charge in [0.05, 0.1) is 4.92 Å². The van der Waals surface area contributed by atoms with E-state index < -0.39 is 14.1 Å². The Kier molecular flexibility index (Phi) is 7.00. The van der Waals surface area contributed by atoms with Gasteiger partial charge in [0.2, 0.25) is 5.39 Å². The van der Waals surface area contributed by atoms with E-state index in [0.717, 1.165) is 0 Å². The number of halogens is 4. The van der Waals surface area contributed by atoms with Gasteiger partial charge in [0, 0.05) is 24.3 Å². The van der Waals surface area contributed by atoms with Crippen LogP contribution in [0.15, 0.2) is 24.3 Å². The van der Waals surface area contributed by atoms with Crippen molar-refractivity contribution in [1.82, 2.24) is 0 Å². The van der Waals surface area contributed by atoms with Gasteiger partial charge in [-0.2, -0.15) is 0 Å². The van der Waals surface area contributed by atoms with Crippen LogP contribution in [0.5, 0.6) is 0 Å². The Hall–Kier alpha value is -0.281. The van der Waals surface area contributed by atoms with Crippen LogP contribution in [0, 0.1) is 15.5 Å². The number of rotatable bonds is 1. The third kappa shape index (κ3) is 8.98. The molecular formula is C6H4Cl4FeN3O2. The molecule has 0 spiro atoms. The number of nitro groups is 1. The summed E-state index contributed by atoms with van der Waals surface area (Å²) < 4.78 is 0. The standard InChI is InChI=1S/C6H4N3O2.4ClH.Fe/c7-8-5-1-3-6(4-2-5)9(10)11;;;;;/h1-4H;4*1H;/q+1;;;;;+3/p-4. The van der Waals surface area contributed by atoms with E-state index in [9.17, 15) is 10.1 Å². The Bertz CT molecular complexity index is 394. The van der Waals surface area contributed by atoms with Gasteiger partial charge in [-0.1, -0.05) is 0 Å². The van der Waals surface area contributed by atoms with Crippen LogP contribution in [-0.4, -0.2) is 4.92 Å². The van der Waals surface area contributed by atoms with Gasteiger partial charge in [-0.05, 0) is 0 Å². The Balaban J connectivity index is 0.000000385. The fourth-order valence-corrected chi connectivity index (χ4v) is 0.641. The average molecular weight is 348 g/mol. The molecule has 0 unspecified atom stereocenters. The SMILES string of the molecule is N#[N+]c1ccc([N+](=O)[O-])cc1.[Cl][Fe-]([Cl])([Cl])[Cl]. The van der Waals surface area contributed by atoms with Crippen molar-refractivity contribution >= 4 is 51.8 Å². The normalized spacial score (nSPS) is 10.7. The van der Waals surface area contributed by atoms with E-state index in [1.165, 1.54) is 24.3 Å². The molecule has 0 amide bonds. The second kappa shape index (κ2) is 7.12. The summed E-state index contributed by atoms with van der Waals surface area (Å²) in [6, 6.07) is 5.26. The summed E-state index contributed by atoms with van der Waals surface area (Å²) in [5.74, 6) is 0. The first-order chi connectivity index (χ1) is 7.24. The van der Waals surface area contributed by atoms with E-state index in [1.807, 2.05) is 0 Å². The molecule has 5 nitrogen and oxygen atoms in total. The fourth-order valence-electron chi connectivity index (χ4n) is 0.641. The molecular weight excluding hydrogens is 344 g/mol. The van der Waals surface area contributed by atoms with Crippen LogP contribution >= 0.6 is 40.4 Å². The topological polar surface area (TPSA) is 71.3 Å². The average Bonchev–Trinajstić information content (AvgIpc) is 2.15. The Labute approximate surface area is 110 Å². The molecule has 0 N–H and O–H groups in total. The van der Waals surface area contributed by atoms with E-state index >= 15 is 0 Å². The number of nitro benzene ring substituents is 1. The van der Waals surface area contributed by atoms with Crippen molar-refractivity contribution in [3.8, 4) is 0 Å². The summed E-state index contributed by atoms with van der Waals surface area (Å²) in [6.45, 7) is 0. The molecule has 0 saturated heterocycles. The number of diazo groups is 1. The zero-order valence-corrected chi connectivity index (χ0v) is 11.5. The molecule has 91 valence electrons. The van der Waals surface area contributed by atoms with Gasteiger partial charge in [0.1, 0.15) is 0 Å². The summed E-state index contributed by atoms with van der Waals surface area (Å²) >= 11 is 0. The van der Waals surface area contributed by atoms with Crippen LogP contribution < -0.4 is 0 Å². The van der Waals surface area contributed by atoms with Gasteiger partial charge in [-0.3, -0.25) is 10.1 Å². The number of benzene rings is 1. The van der Waals surface area contributed by atoms with E-state index in [0.29, 0.717) is 5.69 Å². The molecule has 0 heterocycles. The molecule has 0 atom stereocenters. The maximum atomic E-state index is 10.1. The van der Waals surface area contributed by atoms with Crippen molar-refractivity contribution in [2.24, 2.45) is 0 Å². The molecule has 0 fully saturated rings. The van der Waals surface area contributed by atoms with Crippen LogP contribution in [0.1, 0.15) is 0 Å². The predicted molar refractivity (Wildman–Crippen MR) is 61.3 cm³/mol. The summed E-state index contributed by atoms with van der Waals surface area (Å²) in [6.07, 6.45) is 0. The van der Waals surface area contributed by atoms with Crippen LogP contribution in [-0.2, 0) is 9.20 Å². The first-order valence-electron chi connectivity index (χ1n) is 3.37.